The summed E-state index contributed by atoms with van der Waals surface area (Å²) in [5.41, 5.74) is 0.406. The minimum absolute atomic E-state index is 0.0495. The molecule has 0 amide bonds. The molecule has 0 bridgehead atoms. The number of ether oxygens (including phenoxy) is 1. The van der Waals surface area contributed by atoms with Crippen molar-refractivity contribution in [2.75, 3.05) is 0 Å². The quantitative estimate of drug-likeness (QED) is 0.623. The Hall–Kier alpha value is -2.63. The number of hydrogen-bond donors (Lipinski definition) is 0. The van der Waals surface area contributed by atoms with Gasteiger partial charge in [0.1, 0.15) is 11.6 Å². The molecular formula is C16H11F3O3. The van der Waals surface area contributed by atoms with E-state index in [4.69, 9.17) is 0 Å². The normalized spacial score (nSPS) is 10.6. The third-order valence-electron chi connectivity index (χ3n) is 2.97. The van der Waals surface area contributed by atoms with Gasteiger partial charge in [-0.15, -0.1) is 0 Å². The molecular weight excluding hydrogens is 297 g/mol. The average Bonchev–Trinajstić information content (AvgIpc) is 2.48. The van der Waals surface area contributed by atoms with Gasteiger partial charge in [0.2, 0.25) is 11.6 Å². The molecule has 0 aliphatic rings. The first-order chi connectivity index (χ1) is 10.4. The van der Waals surface area contributed by atoms with Crippen LogP contribution in [0.5, 0.6) is 5.75 Å². The first-order valence-corrected chi connectivity index (χ1v) is 6.28. The van der Waals surface area contributed by atoms with E-state index in [2.05, 4.69) is 4.74 Å². The van der Waals surface area contributed by atoms with Crippen LogP contribution in [0.15, 0.2) is 42.5 Å². The number of hydrogen-bond acceptors (Lipinski definition) is 3. The molecule has 2 aromatic carbocycles. The topological polar surface area (TPSA) is 43.4 Å². The number of alkyl halides is 2. The Morgan fingerprint density at radius 2 is 1.50 bits per heavy atom. The molecule has 2 rings (SSSR count). The number of aryl methyl sites for hydroxylation is 1. The van der Waals surface area contributed by atoms with Gasteiger partial charge in [0, 0.05) is 11.1 Å². The van der Waals surface area contributed by atoms with E-state index in [1.54, 1.807) is 0 Å². The van der Waals surface area contributed by atoms with E-state index >= 15 is 0 Å². The van der Waals surface area contributed by atoms with Crippen molar-refractivity contribution in [1.29, 1.82) is 0 Å². The summed E-state index contributed by atoms with van der Waals surface area (Å²) in [6, 6.07) is 8.28. The fraction of sp³-hybridized carbons (Fsp3) is 0.125. The molecule has 0 unspecified atom stereocenters. The highest BCUT2D eigenvalue weighted by Crippen LogP contribution is 2.22. The standard InChI is InChI=1S/C16H11F3O3/c1-9-8-11(4-7-13(9)22-16(18)19)15(21)14(20)10-2-5-12(17)6-3-10/h2-8,16H,1H3. The average molecular weight is 308 g/mol. The maximum atomic E-state index is 12.8. The Bertz CT molecular complexity index is 709. The summed E-state index contributed by atoms with van der Waals surface area (Å²) in [6.45, 7) is -1.49. The van der Waals surface area contributed by atoms with Gasteiger partial charge in [0.05, 0.1) is 0 Å². The van der Waals surface area contributed by atoms with Gasteiger partial charge in [-0.1, -0.05) is 0 Å². The molecule has 22 heavy (non-hydrogen) atoms. The zero-order valence-corrected chi connectivity index (χ0v) is 11.5. The SMILES string of the molecule is Cc1cc(C(=O)C(=O)c2ccc(F)cc2)ccc1OC(F)F. The highest BCUT2D eigenvalue weighted by Gasteiger charge is 2.19. The van der Waals surface area contributed by atoms with Crippen molar-refractivity contribution >= 4 is 11.6 Å². The molecule has 0 radical (unpaired) electrons. The summed E-state index contributed by atoms with van der Waals surface area (Å²) >= 11 is 0. The third kappa shape index (κ3) is 3.52. The molecule has 0 N–H and O–H groups in total. The van der Waals surface area contributed by atoms with E-state index in [9.17, 15) is 22.8 Å². The molecule has 2 aromatic rings. The van der Waals surface area contributed by atoms with Crippen molar-refractivity contribution in [2.24, 2.45) is 0 Å². The maximum absolute atomic E-state index is 12.8. The molecule has 0 aromatic heterocycles. The lowest BCUT2D eigenvalue weighted by Crippen LogP contribution is -2.15. The fourth-order valence-corrected chi connectivity index (χ4v) is 1.88. The number of rotatable bonds is 5. The van der Waals surface area contributed by atoms with E-state index in [0.29, 0.717) is 5.56 Å². The minimum Gasteiger partial charge on any atom is -0.435 e. The second-order valence-electron chi connectivity index (χ2n) is 4.52. The number of halogens is 3. The van der Waals surface area contributed by atoms with Gasteiger partial charge in [-0.25, -0.2) is 4.39 Å². The Balaban J connectivity index is 2.24. The van der Waals surface area contributed by atoms with Gasteiger partial charge in [-0.2, -0.15) is 8.78 Å². The molecule has 0 saturated heterocycles. The van der Waals surface area contributed by atoms with Crippen LogP contribution >= 0.6 is 0 Å². The number of carbonyl (C=O) groups excluding carboxylic acids is 2. The smallest absolute Gasteiger partial charge is 0.387 e. The Kier molecular flexibility index (Phi) is 4.60. The molecule has 0 aliphatic heterocycles. The van der Waals surface area contributed by atoms with Crippen LogP contribution in [-0.4, -0.2) is 18.2 Å². The van der Waals surface area contributed by atoms with Gasteiger partial charge in [0.15, 0.2) is 0 Å². The molecule has 0 fully saturated rings. The summed E-state index contributed by atoms with van der Waals surface area (Å²) in [5.74, 6) is -2.20. The summed E-state index contributed by atoms with van der Waals surface area (Å²) < 4.78 is 41.4. The second kappa shape index (κ2) is 6.43. The van der Waals surface area contributed by atoms with Gasteiger partial charge >= 0.3 is 6.61 Å². The summed E-state index contributed by atoms with van der Waals surface area (Å²) in [4.78, 5) is 24.1. The highest BCUT2D eigenvalue weighted by atomic mass is 19.3. The van der Waals surface area contributed by atoms with Crippen LogP contribution < -0.4 is 4.74 Å². The van der Waals surface area contributed by atoms with E-state index < -0.39 is 24.0 Å². The van der Waals surface area contributed by atoms with E-state index in [-0.39, 0.29) is 16.9 Å². The monoisotopic (exact) mass is 308 g/mol. The Labute approximate surface area is 124 Å². The first-order valence-electron chi connectivity index (χ1n) is 6.28. The van der Waals surface area contributed by atoms with Crippen LogP contribution in [0.25, 0.3) is 0 Å². The van der Waals surface area contributed by atoms with Crippen LogP contribution in [0, 0.1) is 12.7 Å². The van der Waals surface area contributed by atoms with Gasteiger partial charge in [-0.3, -0.25) is 9.59 Å². The van der Waals surface area contributed by atoms with Crippen LogP contribution in [-0.2, 0) is 0 Å². The van der Waals surface area contributed by atoms with E-state index in [1.807, 2.05) is 0 Å². The predicted molar refractivity (Wildman–Crippen MR) is 72.9 cm³/mol. The fourth-order valence-electron chi connectivity index (χ4n) is 1.88. The van der Waals surface area contributed by atoms with Crippen LogP contribution in [0.4, 0.5) is 13.2 Å². The lowest BCUT2D eigenvalue weighted by atomic mass is 10.00. The largest absolute Gasteiger partial charge is 0.435 e. The van der Waals surface area contributed by atoms with Crippen molar-refractivity contribution in [3.63, 3.8) is 0 Å². The van der Waals surface area contributed by atoms with Crippen molar-refractivity contribution in [1.82, 2.24) is 0 Å². The minimum atomic E-state index is -2.97. The summed E-state index contributed by atoms with van der Waals surface area (Å²) in [6.07, 6.45) is 0. The number of benzene rings is 2. The van der Waals surface area contributed by atoms with Crippen LogP contribution in [0.2, 0.25) is 0 Å². The lowest BCUT2D eigenvalue weighted by molar-refractivity contribution is -0.0502. The lowest BCUT2D eigenvalue weighted by Gasteiger charge is -2.09. The van der Waals surface area contributed by atoms with Gasteiger partial charge in [0.25, 0.3) is 0 Å². The number of Topliss-reactive ketones (excluding diaryl/α,β-unsaturated/α-hetero) is 2. The molecule has 114 valence electrons. The second-order valence-corrected chi connectivity index (χ2v) is 4.52. The third-order valence-corrected chi connectivity index (χ3v) is 2.97. The maximum Gasteiger partial charge on any atom is 0.387 e. The first kappa shape index (κ1) is 15.8. The predicted octanol–water partition coefficient (Wildman–Crippen LogP) is 3.80. The Morgan fingerprint density at radius 3 is 2.05 bits per heavy atom. The zero-order chi connectivity index (χ0) is 16.3. The molecule has 0 atom stereocenters. The van der Waals surface area contributed by atoms with E-state index in [1.165, 1.54) is 37.3 Å². The summed E-state index contributed by atoms with van der Waals surface area (Å²) in [5, 5.41) is 0. The van der Waals surface area contributed by atoms with Gasteiger partial charge < -0.3 is 4.74 Å². The Morgan fingerprint density at radius 1 is 0.955 bits per heavy atom. The van der Waals surface area contributed by atoms with Crippen molar-refractivity contribution in [3.05, 3.63) is 65.0 Å². The van der Waals surface area contributed by atoms with Crippen molar-refractivity contribution in [2.45, 2.75) is 13.5 Å². The molecule has 0 aliphatic carbocycles. The molecule has 0 saturated carbocycles. The molecule has 0 heterocycles. The van der Waals surface area contributed by atoms with E-state index in [0.717, 1.165) is 12.1 Å². The molecule has 0 spiro atoms. The number of carbonyl (C=O) groups is 2. The van der Waals surface area contributed by atoms with Gasteiger partial charge in [-0.05, 0) is 55.0 Å². The molecule has 6 heteroatoms. The number of ketones is 2. The van der Waals surface area contributed by atoms with Crippen LogP contribution in [0.1, 0.15) is 26.3 Å². The van der Waals surface area contributed by atoms with Crippen LogP contribution in [0.3, 0.4) is 0 Å². The summed E-state index contributed by atoms with van der Waals surface area (Å²) in [7, 11) is 0. The van der Waals surface area contributed by atoms with Crippen molar-refractivity contribution < 1.29 is 27.5 Å². The van der Waals surface area contributed by atoms with Crippen molar-refractivity contribution in [3.8, 4) is 5.75 Å². The zero-order valence-electron chi connectivity index (χ0n) is 11.5. The molecule has 3 nitrogen and oxygen atoms in total. The highest BCUT2D eigenvalue weighted by molar-refractivity contribution is 6.49.